The lowest BCUT2D eigenvalue weighted by Crippen LogP contribution is -2.13. The van der Waals surface area contributed by atoms with Crippen molar-refractivity contribution in [2.75, 3.05) is 28.4 Å². The van der Waals surface area contributed by atoms with Gasteiger partial charge in [-0.25, -0.2) is 12.4 Å². The molecule has 0 fully saturated rings. The molecule has 0 saturated heterocycles. The molecular weight excluding hydrogens is 382 g/mol. The van der Waals surface area contributed by atoms with Crippen molar-refractivity contribution in [3.05, 3.63) is 54.7 Å². The second-order valence-electron chi connectivity index (χ2n) is 5.78. The zero-order chi connectivity index (χ0) is 20.3. The lowest BCUT2D eigenvalue weighted by Gasteiger charge is -2.16. The Morgan fingerprint density at radius 2 is 1.39 bits per heavy atom. The standard InChI is InChI=1S/C20H21NO6S/c1-24-15-7-9-16(10-8-15)28(22,23)21-11-5-6-17(21)14-12-18(25-2)20(27-4)19(13-14)26-3/h5-13H,1-4H3. The third-order valence-electron chi connectivity index (χ3n) is 4.29. The van der Waals surface area contributed by atoms with Crippen LogP contribution in [0.3, 0.4) is 0 Å². The Morgan fingerprint density at radius 1 is 0.786 bits per heavy atom. The van der Waals surface area contributed by atoms with E-state index < -0.39 is 10.0 Å². The van der Waals surface area contributed by atoms with Gasteiger partial charge in [-0.1, -0.05) is 0 Å². The fourth-order valence-electron chi connectivity index (χ4n) is 2.89. The largest absolute Gasteiger partial charge is 0.497 e. The molecule has 0 saturated carbocycles. The van der Waals surface area contributed by atoms with Gasteiger partial charge in [0.2, 0.25) is 5.75 Å². The van der Waals surface area contributed by atoms with E-state index in [-0.39, 0.29) is 4.90 Å². The van der Waals surface area contributed by atoms with Crippen LogP contribution < -0.4 is 18.9 Å². The monoisotopic (exact) mass is 403 g/mol. The Bertz CT molecular complexity index is 1050. The molecule has 7 nitrogen and oxygen atoms in total. The molecule has 28 heavy (non-hydrogen) atoms. The van der Waals surface area contributed by atoms with E-state index in [0.29, 0.717) is 34.3 Å². The summed E-state index contributed by atoms with van der Waals surface area (Å²) in [6, 6.07) is 13.0. The Morgan fingerprint density at radius 3 is 1.89 bits per heavy atom. The summed E-state index contributed by atoms with van der Waals surface area (Å²) in [4.78, 5) is 0.151. The highest BCUT2D eigenvalue weighted by Gasteiger charge is 2.22. The molecule has 8 heteroatoms. The van der Waals surface area contributed by atoms with E-state index in [1.165, 1.54) is 50.7 Å². The van der Waals surface area contributed by atoms with Gasteiger partial charge in [-0.2, -0.15) is 0 Å². The number of hydrogen-bond donors (Lipinski definition) is 0. The van der Waals surface area contributed by atoms with Crippen LogP contribution in [0.15, 0.2) is 59.6 Å². The van der Waals surface area contributed by atoms with Crippen LogP contribution in [0.5, 0.6) is 23.0 Å². The van der Waals surface area contributed by atoms with Crippen LogP contribution in [0.1, 0.15) is 0 Å². The van der Waals surface area contributed by atoms with Crippen LogP contribution in [0.25, 0.3) is 11.3 Å². The average Bonchev–Trinajstić information content (AvgIpc) is 3.23. The van der Waals surface area contributed by atoms with Crippen molar-refractivity contribution < 1.29 is 27.4 Å². The summed E-state index contributed by atoms with van der Waals surface area (Å²) in [7, 11) is 2.25. The van der Waals surface area contributed by atoms with Gasteiger partial charge in [-0.15, -0.1) is 0 Å². The minimum atomic E-state index is -3.81. The van der Waals surface area contributed by atoms with E-state index in [0.717, 1.165) is 0 Å². The van der Waals surface area contributed by atoms with Crippen molar-refractivity contribution in [3.8, 4) is 34.3 Å². The summed E-state index contributed by atoms with van der Waals surface area (Å²) in [6.45, 7) is 0. The first-order valence-electron chi connectivity index (χ1n) is 8.33. The molecule has 0 aliphatic heterocycles. The van der Waals surface area contributed by atoms with E-state index in [2.05, 4.69) is 0 Å². The molecule has 3 rings (SSSR count). The summed E-state index contributed by atoms with van der Waals surface area (Å²) < 4.78 is 48.7. The normalized spacial score (nSPS) is 11.1. The molecule has 0 aliphatic carbocycles. The summed E-state index contributed by atoms with van der Waals surface area (Å²) in [6.07, 6.45) is 1.50. The molecule has 2 aromatic carbocycles. The van der Waals surface area contributed by atoms with E-state index in [9.17, 15) is 8.42 Å². The molecule has 0 atom stereocenters. The number of methoxy groups -OCH3 is 4. The van der Waals surface area contributed by atoms with Gasteiger partial charge in [-0.3, -0.25) is 0 Å². The summed E-state index contributed by atoms with van der Waals surface area (Å²) in [5.41, 5.74) is 1.08. The van der Waals surface area contributed by atoms with Crippen LogP contribution in [0, 0.1) is 0 Å². The predicted molar refractivity (Wildman–Crippen MR) is 105 cm³/mol. The lowest BCUT2D eigenvalue weighted by molar-refractivity contribution is 0.324. The second kappa shape index (κ2) is 7.85. The van der Waals surface area contributed by atoms with Gasteiger partial charge in [0.15, 0.2) is 11.5 Å². The number of ether oxygens (including phenoxy) is 4. The van der Waals surface area contributed by atoms with Crippen molar-refractivity contribution >= 4 is 10.0 Å². The van der Waals surface area contributed by atoms with Gasteiger partial charge >= 0.3 is 0 Å². The molecule has 0 N–H and O–H groups in total. The van der Waals surface area contributed by atoms with Gasteiger partial charge in [-0.05, 0) is 48.5 Å². The SMILES string of the molecule is COc1ccc(S(=O)(=O)n2cccc2-c2cc(OC)c(OC)c(OC)c2)cc1. The molecule has 0 spiro atoms. The van der Waals surface area contributed by atoms with Gasteiger partial charge < -0.3 is 18.9 Å². The topological polar surface area (TPSA) is 76.0 Å². The van der Waals surface area contributed by atoms with Crippen molar-refractivity contribution in [1.29, 1.82) is 0 Å². The zero-order valence-corrected chi connectivity index (χ0v) is 16.8. The van der Waals surface area contributed by atoms with E-state index in [4.69, 9.17) is 18.9 Å². The minimum Gasteiger partial charge on any atom is -0.497 e. The summed E-state index contributed by atoms with van der Waals surface area (Å²) in [5.74, 6) is 1.89. The quantitative estimate of drug-likeness (QED) is 0.602. The Balaban J connectivity index is 2.14. The molecule has 0 radical (unpaired) electrons. The molecule has 1 aromatic heterocycles. The first-order valence-corrected chi connectivity index (χ1v) is 9.77. The third-order valence-corrected chi connectivity index (χ3v) is 5.99. The Kier molecular flexibility index (Phi) is 5.51. The highest BCUT2D eigenvalue weighted by Crippen LogP contribution is 2.41. The predicted octanol–water partition coefficient (Wildman–Crippen LogP) is 3.43. The first-order chi connectivity index (χ1) is 13.5. The summed E-state index contributed by atoms with van der Waals surface area (Å²) >= 11 is 0. The molecular formula is C20H21NO6S. The Labute approximate surface area is 164 Å². The first kappa shape index (κ1) is 19.6. The van der Waals surface area contributed by atoms with Crippen LogP contribution in [0.4, 0.5) is 0 Å². The van der Waals surface area contributed by atoms with E-state index in [1.54, 1.807) is 36.4 Å². The van der Waals surface area contributed by atoms with Crippen molar-refractivity contribution in [3.63, 3.8) is 0 Å². The van der Waals surface area contributed by atoms with Crippen molar-refractivity contribution in [2.24, 2.45) is 0 Å². The maximum absolute atomic E-state index is 13.2. The average molecular weight is 403 g/mol. The number of hydrogen-bond acceptors (Lipinski definition) is 6. The fourth-order valence-corrected chi connectivity index (χ4v) is 4.25. The molecule has 1 heterocycles. The maximum Gasteiger partial charge on any atom is 0.268 e. The van der Waals surface area contributed by atoms with Gasteiger partial charge in [0.25, 0.3) is 10.0 Å². The third kappa shape index (κ3) is 3.38. The highest BCUT2D eigenvalue weighted by molar-refractivity contribution is 7.90. The zero-order valence-electron chi connectivity index (χ0n) is 16.0. The van der Waals surface area contributed by atoms with Crippen molar-refractivity contribution in [2.45, 2.75) is 4.90 Å². The van der Waals surface area contributed by atoms with Crippen LogP contribution in [-0.2, 0) is 10.0 Å². The van der Waals surface area contributed by atoms with E-state index in [1.807, 2.05) is 0 Å². The molecule has 3 aromatic rings. The Hall–Kier alpha value is -3.13. The molecule has 0 aliphatic rings. The van der Waals surface area contributed by atoms with Crippen LogP contribution in [0.2, 0.25) is 0 Å². The smallest absolute Gasteiger partial charge is 0.268 e. The van der Waals surface area contributed by atoms with Crippen molar-refractivity contribution in [1.82, 2.24) is 3.97 Å². The lowest BCUT2D eigenvalue weighted by atomic mass is 10.1. The van der Waals surface area contributed by atoms with Gasteiger partial charge in [0.05, 0.1) is 39.0 Å². The number of nitrogens with zero attached hydrogens (tertiary/aromatic N) is 1. The van der Waals surface area contributed by atoms with Gasteiger partial charge in [0, 0.05) is 11.8 Å². The molecule has 0 unspecified atom stereocenters. The summed E-state index contributed by atoms with van der Waals surface area (Å²) in [5, 5.41) is 0. The molecule has 148 valence electrons. The molecule has 0 amide bonds. The number of rotatable bonds is 7. The van der Waals surface area contributed by atoms with Crippen LogP contribution >= 0.6 is 0 Å². The number of benzene rings is 2. The minimum absolute atomic E-state index is 0.151. The maximum atomic E-state index is 13.2. The highest BCUT2D eigenvalue weighted by atomic mass is 32.2. The molecule has 0 bridgehead atoms. The number of aromatic nitrogens is 1. The van der Waals surface area contributed by atoms with E-state index >= 15 is 0 Å². The fraction of sp³-hybridized carbons (Fsp3) is 0.200. The van der Waals surface area contributed by atoms with Gasteiger partial charge in [0.1, 0.15) is 5.75 Å². The second-order valence-corrected chi connectivity index (χ2v) is 7.60. The van der Waals surface area contributed by atoms with Crippen LogP contribution in [-0.4, -0.2) is 40.8 Å².